The molecule has 3 nitrogen and oxygen atoms in total. The van der Waals surface area contributed by atoms with E-state index < -0.39 is 0 Å². The first kappa shape index (κ1) is 15.2. The van der Waals surface area contributed by atoms with Crippen molar-refractivity contribution in [1.29, 1.82) is 0 Å². The van der Waals surface area contributed by atoms with E-state index in [0.29, 0.717) is 10.6 Å². The second kappa shape index (κ2) is 7.53. The Kier molecular flexibility index (Phi) is 5.72. The fourth-order valence-electron chi connectivity index (χ4n) is 2.77. The highest BCUT2D eigenvalue weighted by Gasteiger charge is 2.13. The largest absolute Gasteiger partial charge is 0.384 e. The molecule has 4 heteroatoms. The minimum atomic E-state index is -0.0841. The van der Waals surface area contributed by atoms with Crippen LogP contribution in [-0.4, -0.2) is 19.5 Å². The maximum absolute atomic E-state index is 11.6. The highest BCUT2D eigenvalue weighted by molar-refractivity contribution is 6.33. The lowest BCUT2D eigenvalue weighted by molar-refractivity contribution is 0.0963. The van der Waals surface area contributed by atoms with E-state index in [-0.39, 0.29) is 5.91 Å². The van der Waals surface area contributed by atoms with E-state index in [2.05, 4.69) is 10.6 Å². The molecule has 1 aromatic carbocycles. The van der Waals surface area contributed by atoms with E-state index in [0.717, 1.165) is 18.2 Å². The summed E-state index contributed by atoms with van der Waals surface area (Å²) >= 11 is 6.20. The van der Waals surface area contributed by atoms with Crippen LogP contribution in [0.3, 0.4) is 0 Å². The van der Waals surface area contributed by atoms with Crippen molar-refractivity contribution < 1.29 is 4.79 Å². The van der Waals surface area contributed by atoms with Crippen molar-refractivity contribution in [3.63, 3.8) is 0 Å². The average molecular weight is 295 g/mol. The standard InChI is InChI=1S/C16H23ClN2O/c1-18-16(20)13-8-9-14(17)15(10-13)19-11-12-6-4-2-3-5-7-12/h8-10,12,19H,2-7,11H2,1H3,(H,18,20). The first-order chi connectivity index (χ1) is 9.70. The number of carbonyl (C=O) groups is 1. The molecule has 1 amide bonds. The van der Waals surface area contributed by atoms with E-state index in [1.165, 1.54) is 38.5 Å². The van der Waals surface area contributed by atoms with Crippen LogP contribution in [0, 0.1) is 5.92 Å². The Bertz CT molecular complexity index is 454. The number of amides is 1. The summed E-state index contributed by atoms with van der Waals surface area (Å²) < 4.78 is 0. The maximum atomic E-state index is 11.6. The fourth-order valence-corrected chi connectivity index (χ4v) is 2.95. The number of carbonyl (C=O) groups excluding carboxylic acids is 1. The van der Waals surface area contributed by atoms with E-state index in [1.807, 2.05) is 6.07 Å². The maximum Gasteiger partial charge on any atom is 0.251 e. The molecule has 1 fully saturated rings. The summed E-state index contributed by atoms with van der Waals surface area (Å²) in [5.41, 5.74) is 1.50. The van der Waals surface area contributed by atoms with E-state index >= 15 is 0 Å². The first-order valence-corrected chi connectivity index (χ1v) is 7.84. The highest BCUT2D eigenvalue weighted by atomic mass is 35.5. The molecule has 0 unspecified atom stereocenters. The second-order valence-electron chi connectivity index (χ2n) is 5.51. The summed E-state index contributed by atoms with van der Waals surface area (Å²) in [5, 5.41) is 6.72. The molecule has 0 heterocycles. The smallest absolute Gasteiger partial charge is 0.251 e. The van der Waals surface area contributed by atoms with Crippen molar-refractivity contribution in [2.75, 3.05) is 18.9 Å². The molecule has 2 rings (SSSR count). The molecule has 0 radical (unpaired) electrons. The van der Waals surface area contributed by atoms with E-state index in [9.17, 15) is 4.79 Å². The van der Waals surface area contributed by atoms with Crippen LogP contribution in [0.25, 0.3) is 0 Å². The van der Waals surface area contributed by atoms with Crippen LogP contribution in [0.15, 0.2) is 18.2 Å². The molecule has 2 N–H and O–H groups in total. The van der Waals surface area contributed by atoms with E-state index in [4.69, 9.17) is 11.6 Å². The van der Waals surface area contributed by atoms with Crippen LogP contribution in [0.4, 0.5) is 5.69 Å². The molecule has 110 valence electrons. The van der Waals surface area contributed by atoms with Gasteiger partial charge in [0.05, 0.1) is 10.7 Å². The van der Waals surface area contributed by atoms with Crippen molar-refractivity contribution in [3.05, 3.63) is 28.8 Å². The van der Waals surface area contributed by atoms with Crippen LogP contribution in [0.1, 0.15) is 48.9 Å². The summed E-state index contributed by atoms with van der Waals surface area (Å²) in [5.74, 6) is 0.636. The topological polar surface area (TPSA) is 41.1 Å². The van der Waals surface area contributed by atoms with Crippen molar-refractivity contribution in [2.24, 2.45) is 5.92 Å². The molecule has 1 aliphatic rings. The number of anilines is 1. The van der Waals surface area contributed by atoms with Crippen LogP contribution in [0.2, 0.25) is 5.02 Å². The van der Waals surface area contributed by atoms with Crippen molar-refractivity contribution >= 4 is 23.2 Å². The molecule has 0 atom stereocenters. The molecule has 0 bridgehead atoms. The third kappa shape index (κ3) is 4.14. The molecule has 0 spiro atoms. The zero-order chi connectivity index (χ0) is 14.4. The predicted octanol–water partition coefficient (Wildman–Crippen LogP) is 4.08. The molecule has 0 aromatic heterocycles. The Morgan fingerprint density at radius 3 is 2.60 bits per heavy atom. The zero-order valence-corrected chi connectivity index (χ0v) is 12.8. The summed E-state index contributed by atoms with van der Waals surface area (Å²) in [6.07, 6.45) is 7.98. The van der Waals surface area contributed by atoms with Gasteiger partial charge < -0.3 is 10.6 Å². The molecule has 1 aromatic rings. The van der Waals surface area contributed by atoms with Crippen LogP contribution in [-0.2, 0) is 0 Å². The van der Waals surface area contributed by atoms with E-state index in [1.54, 1.807) is 19.2 Å². The van der Waals surface area contributed by atoms with Gasteiger partial charge in [-0.15, -0.1) is 0 Å². The van der Waals surface area contributed by atoms with Gasteiger partial charge in [-0.2, -0.15) is 0 Å². The number of rotatable bonds is 4. The van der Waals surface area contributed by atoms with Gasteiger partial charge in [0, 0.05) is 19.2 Å². The average Bonchev–Trinajstić information content (AvgIpc) is 2.74. The van der Waals surface area contributed by atoms with Crippen LogP contribution >= 0.6 is 11.6 Å². The summed E-state index contributed by atoms with van der Waals surface area (Å²) in [7, 11) is 1.63. The van der Waals surface area contributed by atoms with Gasteiger partial charge in [-0.05, 0) is 37.0 Å². The molecule has 20 heavy (non-hydrogen) atoms. The number of hydrogen-bond acceptors (Lipinski definition) is 2. The Labute approximate surface area is 126 Å². The fraction of sp³-hybridized carbons (Fsp3) is 0.562. The summed E-state index contributed by atoms with van der Waals surface area (Å²) in [6, 6.07) is 5.36. The van der Waals surface area contributed by atoms with Gasteiger partial charge in [0.15, 0.2) is 0 Å². The minimum Gasteiger partial charge on any atom is -0.384 e. The number of benzene rings is 1. The summed E-state index contributed by atoms with van der Waals surface area (Å²) in [4.78, 5) is 11.6. The number of halogens is 1. The monoisotopic (exact) mass is 294 g/mol. The summed E-state index contributed by atoms with van der Waals surface area (Å²) in [6.45, 7) is 0.941. The lowest BCUT2D eigenvalue weighted by atomic mass is 10.0. The van der Waals surface area contributed by atoms with Gasteiger partial charge in [-0.1, -0.05) is 37.3 Å². The number of nitrogens with one attached hydrogen (secondary N) is 2. The van der Waals surface area contributed by atoms with Gasteiger partial charge in [0.2, 0.25) is 0 Å². The highest BCUT2D eigenvalue weighted by Crippen LogP contribution is 2.26. The Morgan fingerprint density at radius 1 is 1.25 bits per heavy atom. The Morgan fingerprint density at radius 2 is 1.95 bits per heavy atom. The van der Waals surface area contributed by atoms with Gasteiger partial charge in [-0.25, -0.2) is 0 Å². The molecule has 1 aliphatic carbocycles. The minimum absolute atomic E-state index is 0.0841. The van der Waals surface area contributed by atoms with Gasteiger partial charge in [0.25, 0.3) is 5.91 Å². The van der Waals surface area contributed by atoms with Gasteiger partial charge >= 0.3 is 0 Å². The first-order valence-electron chi connectivity index (χ1n) is 7.46. The Balaban J connectivity index is 1.98. The molecule has 0 aliphatic heterocycles. The zero-order valence-electron chi connectivity index (χ0n) is 12.0. The second-order valence-corrected chi connectivity index (χ2v) is 5.92. The molecular formula is C16H23ClN2O. The SMILES string of the molecule is CNC(=O)c1ccc(Cl)c(NCC2CCCCCC2)c1. The van der Waals surface area contributed by atoms with Gasteiger partial charge in [-0.3, -0.25) is 4.79 Å². The van der Waals surface area contributed by atoms with Crippen molar-refractivity contribution in [1.82, 2.24) is 5.32 Å². The Hall–Kier alpha value is -1.22. The third-order valence-electron chi connectivity index (χ3n) is 4.01. The number of hydrogen-bond donors (Lipinski definition) is 2. The molecular weight excluding hydrogens is 272 g/mol. The van der Waals surface area contributed by atoms with Crippen LogP contribution in [0.5, 0.6) is 0 Å². The third-order valence-corrected chi connectivity index (χ3v) is 4.34. The lowest BCUT2D eigenvalue weighted by Crippen LogP contribution is -2.18. The quantitative estimate of drug-likeness (QED) is 0.822. The van der Waals surface area contributed by atoms with Crippen molar-refractivity contribution in [3.8, 4) is 0 Å². The lowest BCUT2D eigenvalue weighted by Gasteiger charge is -2.17. The van der Waals surface area contributed by atoms with Crippen LogP contribution < -0.4 is 10.6 Å². The predicted molar refractivity (Wildman–Crippen MR) is 84.5 cm³/mol. The van der Waals surface area contributed by atoms with Crippen molar-refractivity contribution in [2.45, 2.75) is 38.5 Å². The molecule has 1 saturated carbocycles. The van der Waals surface area contributed by atoms with Gasteiger partial charge in [0.1, 0.15) is 0 Å². The normalized spacial score (nSPS) is 16.5. The molecule has 0 saturated heterocycles.